The highest BCUT2D eigenvalue weighted by atomic mass is 19.1. The first kappa shape index (κ1) is 6.73. The van der Waals surface area contributed by atoms with Crippen molar-refractivity contribution in [2.45, 2.75) is 0 Å². The molecule has 0 saturated heterocycles. The van der Waals surface area contributed by atoms with Gasteiger partial charge in [-0.3, -0.25) is 4.57 Å². The third-order valence-electron chi connectivity index (χ3n) is 1.15. The minimum atomic E-state index is -1.18. The molecular weight excluding hydrogens is 139 g/mol. The summed E-state index contributed by atoms with van der Waals surface area (Å²) in [6, 6.07) is 0. The van der Waals surface area contributed by atoms with Crippen molar-refractivity contribution in [2.24, 2.45) is 7.05 Å². The number of rotatable bonds is 1. The lowest BCUT2D eigenvalue weighted by atomic mass is 10.5. The SMILES string of the molecule is Cn1c(C(=O)O)cnc1F. The second-order valence-corrected chi connectivity index (χ2v) is 1.78. The minimum Gasteiger partial charge on any atom is -0.477 e. The van der Waals surface area contributed by atoms with Gasteiger partial charge in [-0.05, 0) is 0 Å². The molecule has 0 atom stereocenters. The normalized spacial score (nSPS) is 9.80. The van der Waals surface area contributed by atoms with E-state index >= 15 is 0 Å². The fourth-order valence-corrected chi connectivity index (χ4v) is 0.586. The second kappa shape index (κ2) is 2.09. The predicted octanol–water partition coefficient (Wildman–Crippen LogP) is 0.257. The molecule has 0 saturated carbocycles. The molecule has 1 aromatic rings. The summed E-state index contributed by atoms with van der Waals surface area (Å²) in [5, 5.41) is 8.35. The molecule has 1 heterocycles. The van der Waals surface area contributed by atoms with E-state index in [-0.39, 0.29) is 5.69 Å². The highest BCUT2D eigenvalue weighted by molar-refractivity contribution is 5.85. The molecule has 1 rings (SSSR count). The molecule has 0 spiro atoms. The molecule has 5 heteroatoms. The molecule has 0 radical (unpaired) electrons. The first-order valence-electron chi connectivity index (χ1n) is 2.53. The number of aromatic nitrogens is 2. The summed E-state index contributed by atoms with van der Waals surface area (Å²) in [7, 11) is 1.30. The number of carbonyl (C=O) groups is 1. The fourth-order valence-electron chi connectivity index (χ4n) is 0.586. The summed E-state index contributed by atoms with van der Waals surface area (Å²) in [5.74, 6) is -1.18. The summed E-state index contributed by atoms with van der Waals surface area (Å²) in [4.78, 5) is 13.4. The fraction of sp³-hybridized carbons (Fsp3) is 0.200. The van der Waals surface area contributed by atoms with Crippen LogP contribution in [0.5, 0.6) is 0 Å². The van der Waals surface area contributed by atoms with Crippen LogP contribution in [0.25, 0.3) is 0 Å². The Kier molecular flexibility index (Phi) is 1.41. The Morgan fingerprint density at radius 1 is 1.90 bits per heavy atom. The lowest BCUT2D eigenvalue weighted by Crippen LogP contribution is -2.05. The van der Waals surface area contributed by atoms with Gasteiger partial charge in [-0.25, -0.2) is 9.78 Å². The van der Waals surface area contributed by atoms with Gasteiger partial charge in [0.05, 0.1) is 6.20 Å². The Morgan fingerprint density at radius 2 is 2.50 bits per heavy atom. The molecule has 0 aromatic carbocycles. The molecule has 0 amide bonds. The van der Waals surface area contributed by atoms with Crippen molar-refractivity contribution in [1.82, 2.24) is 9.55 Å². The molecule has 4 nitrogen and oxygen atoms in total. The number of imidazole rings is 1. The van der Waals surface area contributed by atoms with Gasteiger partial charge in [0, 0.05) is 7.05 Å². The van der Waals surface area contributed by atoms with E-state index in [9.17, 15) is 9.18 Å². The van der Waals surface area contributed by atoms with Crippen LogP contribution in [-0.4, -0.2) is 20.6 Å². The van der Waals surface area contributed by atoms with E-state index in [1.807, 2.05) is 0 Å². The van der Waals surface area contributed by atoms with Crippen LogP contribution in [0.15, 0.2) is 6.20 Å². The number of hydrogen-bond donors (Lipinski definition) is 1. The number of carboxylic acid groups (broad SMARTS) is 1. The zero-order valence-electron chi connectivity index (χ0n) is 5.21. The van der Waals surface area contributed by atoms with Crippen molar-refractivity contribution in [1.29, 1.82) is 0 Å². The van der Waals surface area contributed by atoms with Crippen LogP contribution in [0, 0.1) is 6.08 Å². The van der Waals surface area contributed by atoms with Crippen molar-refractivity contribution in [3.63, 3.8) is 0 Å². The molecule has 0 bridgehead atoms. The van der Waals surface area contributed by atoms with Crippen molar-refractivity contribution >= 4 is 5.97 Å². The van der Waals surface area contributed by atoms with E-state index in [1.54, 1.807) is 0 Å². The van der Waals surface area contributed by atoms with E-state index < -0.39 is 12.0 Å². The molecule has 54 valence electrons. The van der Waals surface area contributed by atoms with Crippen molar-refractivity contribution in [3.8, 4) is 0 Å². The first-order chi connectivity index (χ1) is 4.63. The van der Waals surface area contributed by atoms with Gasteiger partial charge in [-0.15, -0.1) is 0 Å². The average molecular weight is 144 g/mol. The number of nitrogens with zero attached hydrogens (tertiary/aromatic N) is 2. The number of hydrogen-bond acceptors (Lipinski definition) is 2. The van der Waals surface area contributed by atoms with E-state index in [2.05, 4.69) is 4.98 Å². The van der Waals surface area contributed by atoms with Crippen LogP contribution >= 0.6 is 0 Å². The smallest absolute Gasteiger partial charge is 0.354 e. The predicted molar refractivity (Wildman–Crippen MR) is 30.1 cm³/mol. The maximum absolute atomic E-state index is 12.3. The lowest BCUT2D eigenvalue weighted by Gasteiger charge is -1.92. The standard InChI is InChI=1S/C5H5FN2O2/c1-8-3(4(9)10)2-7-5(8)6/h2H,1H3,(H,9,10). The minimum absolute atomic E-state index is 0.155. The monoisotopic (exact) mass is 144 g/mol. The van der Waals surface area contributed by atoms with E-state index in [0.717, 1.165) is 10.8 Å². The van der Waals surface area contributed by atoms with Crippen molar-refractivity contribution < 1.29 is 14.3 Å². The number of carboxylic acids is 1. The maximum atomic E-state index is 12.3. The first-order valence-corrected chi connectivity index (χ1v) is 2.53. The highest BCUT2D eigenvalue weighted by Gasteiger charge is 2.10. The third kappa shape index (κ3) is 0.854. The van der Waals surface area contributed by atoms with Crippen molar-refractivity contribution in [2.75, 3.05) is 0 Å². The average Bonchev–Trinajstić information content (AvgIpc) is 2.14. The molecule has 0 aliphatic heterocycles. The number of aromatic carboxylic acids is 1. The molecular formula is C5H5FN2O2. The van der Waals surface area contributed by atoms with Gasteiger partial charge in [-0.1, -0.05) is 0 Å². The van der Waals surface area contributed by atoms with Crippen molar-refractivity contribution in [3.05, 3.63) is 18.0 Å². The summed E-state index contributed by atoms with van der Waals surface area (Å²) >= 11 is 0. The Morgan fingerprint density at radius 3 is 2.70 bits per heavy atom. The molecule has 1 aromatic heterocycles. The molecule has 0 aliphatic rings. The second-order valence-electron chi connectivity index (χ2n) is 1.78. The lowest BCUT2D eigenvalue weighted by molar-refractivity contribution is 0.0685. The Labute approximate surface area is 55.9 Å². The summed E-state index contributed by atoms with van der Waals surface area (Å²) in [6.45, 7) is 0. The van der Waals surface area contributed by atoms with Gasteiger partial charge < -0.3 is 5.11 Å². The zero-order valence-corrected chi connectivity index (χ0v) is 5.21. The molecule has 0 aliphatic carbocycles. The summed E-state index contributed by atoms with van der Waals surface area (Å²) < 4.78 is 13.2. The summed E-state index contributed by atoms with van der Waals surface area (Å²) in [6.07, 6.45) is 0.176. The maximum Gasteiger partial charge on any atom is 0.354 e. The van der Waals surface area contributed by atoms with Gasteiger partial charge in [0.15, 0.2) is 0 Å². The Bertz CT molecular complexity index is 269. The molecule has 1 N–H and O–H groups in total. The van der Waals surface area contributed by atoms with Gasteiger partial charge in [0.25, 0.3) is 6.08 Å². The third-order valence-corrected chi connectivity index (χ3v) is 1.15. The largest absolute Gasteiger partial charge is 0.477 e. The van der Waals surface area contributed by atoms with Crippen LogP contribution < -0.4 is 0 Å². The quantitative estimate of drug-likeness (QED) is 0.615. The van der Waals surface area contributed by atoms with E-state index in [4.69, 9.17) is 5.11 Å². The molecule has 0 unspecified atom stereocenters. The van der Waals surface area contributed by atoms with E-state index in [1.165, 1.54) is 7.05 Å². The highest BCUT2D eigenvalue weighted by Crippen LogP contribution is 1.99. The topological polar surface area (TPSA) is 55.1 Å². The molecule has 10 heavy (non-hydrogen) atoms. The van der Waals surface area contributed by atoms with Crippen LogP contribution in [0.1, 0.15) is 10.5 Å². The number of halogens is 1. The van der Waals surface area contributed by atoms with Gasteiger partial charge in [-0.2, -0.15) is 4.39 Å². The van der Waals surface area contributed by atoms with Gasteiger partial charge in [0.1, 0.15) is 5.69 Å². The van der Waals surface area contributed by atoms with Gasteiger partial charge >= 0.3 is 5.97 Å². The zero-order chi connectivity index (χ0) is 7.72. The Hall–Kier alpha value is -1.39. The molecule has 0 fully saturated rings. The van der Waals surface area contributed by atoms with Gasteiger partial charge in [0.2, 0.25) is 0 Å². The Balaban J connectivity index is 3.17. The van der Waals surface area contributed by atoms with Crippen LogP contribution in [0.2, 0.25) is 0 Å². The van der Waals surface area contributed by atoms with Crippen LogP contribution in [0.3, 0.4) is 0 Å². The summed E-state index contributed by atoms with van der Waals surface area (Å²) in [5.41, 5.74) is -0.155. The van der Waals surface area contributed by atoms with E-state index in [0.29, 0.717) is 0 Å². The van der Waals surface area contributed by atoms with Crippen LogP contribution in [0.4, 0.5) is 4.39 Å². The van der Waals surface area contributed by atoms with Crippen LogP contribution in [-0.2, 0) is 7.05 Å².